The molecule has 0 aliphatic carbocycles. The number of hydrogen-bond donors (Lipinski definition) is 2. The lowest BCUT2D eigenvalue weighted by atomic mass is 9.89. The van der Waals surface area contributed by atoms with Gasteiger partial charge >= 0.3 is 13.9 Å². The van der Waals surface area contributed by atoms with Gasteiger partial charge in [-0.3, -0.25) is 13.6 Å². The number of alkyl carbamates (subject to hydrolysis) is 1. The lowest BCUT2D eigenvalue weighted by Crippen LogP contribution is -2.59. The highest BCUT2D eigenvalue weighted by atomic mass is 31.2. The minimum Gasteiger partial charge on any atom is -0.444 e. The van der Waals surface area contributed by atoms with Crippen LogP contribution in [-0.4, -0.2) is 48.2 Å². The van der Waals surface area contributed by atoms with E-state index in [1.807, 2.05) is 0 Å². The zero-order valence-corrected chi connectivity index (χ0v) is 27.1. The summed E-state index contributed by atoms with van der Waals surface area (Å²) in [5.74, 6) is 0. The number of unbranched alkanes of at least 4 members (excludes halogenated alkanes) is 12. The lowest BCUT2D eigenvalue weighted by Gasteiger charge is -2.37. The van der Waals surface area contributed by atoms with Gasteiger partial charge in [-0.05, 0) is 27.2 Å². The molecule has 0 saturated heterocycles. The maximum Gasteiger partial charge on any atom is 0.474 e. The van der Waals surface area contributed by atoms with E-state index in [9.17, 15) is 14.5 Å². The molecule has 2 atom stereocenters. The van der Waals surface area contributed by atoms with Crippen molar-refractivity contribution in [1.82, 2.24) is 5.32 Å². The highest BCUT2D eigenvalue weighted by Gasteiger charge is 2.41. The molecule has 0 radical (unpaired) electrons. The molecule has 0 saturated carbocycles. The first-order valence-corrected chi connectivity index (χ1v) is 16.7. The minimum absolute atomic E-state index is 0.234. The Morgan fingerprint density at radius 2 is 1.40 bits per heavy atom. The van der Waals surface area contributed by atoms with Crippen molar-refractivity contribution >= 4 is 13.9 Å². The Bertz CT molecular complexity index is 972. The topological polar surface area (TPSA) is 151 Å². The predicted molar refractivity (Wildman–Crippen MR) is 165 cm³/mol. The molecule has 0 spiro atoms. The van der Waals surface area contributed by atoms with E-state index in [-0.39, 0.29) is 19.3 Å². The van der Waals surface area contributed by atoms with Crippen LogP contribution in [0.5, 0.6) is 0 Å². The van der Waals surface area contributed by atoms with Crippen LogP contribution in [0.3, 0.4) is 0 Å². The largest absolute Gasteiger partial charge is 0.474 e. The molecule has 11 heteroatoms. The van der Waals surface area contributed by atoms with E-state index in [1.54, 1.807) is 32.9 Å². The van der Waals surface area contributed by atoms with Crippen molar-refractivity contribution in [3.05, 3.63) is 12.7 Å². The molecule has 0 aromatic rings. The fourth-order valence-electron chi connectivity index (χ4n) is 3.96. The van der Waals surface area contributed by atoms with Gasteiger partial charge in [-0.1, -0.05) is 96.5 Å². The second kappa shape index (κ2) is 23.5. The molecule has 0 fully saturated rings. The fraction of sp³-hybridized carbons (Fsp3) is 0.839. The quantitative estimate of drug-likeness (QED) is 0.0553. The van der Waals surface area contributed by atoms with Crippen molar-refractivity contribution in [2.45, 2.75) is 148 Å². The standard InChI is InChI=1S/C31H56N3O7P/c1-6-8-9-10-11-12-13-14-15-16-17-18-19-22-28(35)31(7-2,34-29(36)41-30(3,4)5)27-40-42(37,38-25-20-23-32)39-26-21-24-33/h7,28,35H,2,6,8-22,25-27H2,1,3-5H3,(H,34,36)/i27T2,28T. The highest BCUT2D eigenvalue weighted by molar-refractivity contribution is 7.48. The van der Waals surface area contributed by atoms with E-state index in [0.717, 1.165) is 31.8 Å². The van der Waals surface area contributed by atoms with Gasteiger partial charge in [0.2, 0.25) is 0 Å². The monoisotopic (exact) mass is 619 g/mol. The van der Waals surface area contributed by atoms with E-state index in [1.165, 1.54) is 44.9 Å². The zero-order valence-electron chi connectivity index (χ0n) is 29.3. The Morgan fingerprint density at radius 1 is 0.952 bits per heavy atom. The van der Waals surface area contributed by atoms with Gasteiger partial charge < -0.3 is 15.2 Å². The molecule has 0 aliphatic rings. The number of rotatable bonds is 26. The third-order valence-electron chi connectivity index (χ3n) is 6.22. The Morgan fingerprint density at radius 3 is 1.81 bits per heavy atom. The van der Waals surface area contributed by atoms with Crippen LogP contribution < -0.4 is 5.32 Å². The number of nitrogens with zero attached hydrogens (tertiary/aromatic N) is 2. The number of hydrogen-bond acceptors (Lipinski definition) is 9. The zero-order chi connectivity index (χ0) is 34.5. The average molecular weight is 620 g/mol. The molecule has 0 aliphatic heterocycles. The molecule has 2 N–H and O–H groups in total. The van der Waals surface area contributed by atoms with Crippen LogP contribution >= 0.6 is 7.82 Å². The maximum atomic E-state index is 13.4. The van der Waals surface area contributed by atoms with Gasteiger partial charge in [0, 0.05) is 0 Å². The number of nitriles is 2. The van der Waals surface area contributed by atoms with Gasteiger partial charge in [-0.2, -0.15) is 10.5 Å². The molecule has 0 aromatic heterocycles. The lowest BCUT2D eigenvalue weighted by molar-refractivity contribution is 0.00856. The molecular weight excluding hydrogens is 557 g/mol. The minimum atomic E-state index is -4.84. The van der Waals surface area contributed by atoms with Gasteiger partial charge in [0.05, 0.1) is 54.9 Å². The molecule has 2 unspecified atom stereocenters. The summed E-state index contributed by atoms with van der Waals surface area (Å²) >= 11 is 0. The normalized spacial score (nSPS) is 16.0. The summed E-state index contributed by atoms with van der Waals surface area (Å²) in [5.41, 5.74) is -3.75. The number of carbonyl (C=O) groups excluding carboxylic acids is 1. The first-order chi connectivity index (χ1) is 21.1. The van der Waals surface area contributed by atoms with Crippen LogP contribution in [0.15, 0.2) is 12.7 Å². The number of aliphatic hydroxyl groups is 1. The summed E-state index contributed by atoms with van der Waals surface area (Å²) in [6.07, 6.45) is 9.99. The maximum absolute atomic E-state index is 13.4. The van der Waals surface area contributed by atoms with E-state index in [4.69, 9.17) is 32.9 Å². The first kappa shape index (κ1) is 34.5. The van der Waals surface area contributed by atoms with Crippen LogP contribution in [0, 0.1) is 22.7 Å². The van der Waals surface area contributed by atoms with Crippen LogP contribution in [0.1, 0.15) is 135 Å². The number of amides is 1. The summed E-state index contributed by atoms with van der Waals surface area (Å²) < 4.78 is 60.5. The Labute approximate surface area is 259 Å². The molecule has 0 bridgehead atoms. The SMILES string of the molecule is [3H]C(O)(CCCCCCCCCCCCCCC)C(C=C)(NC(=O)OC(C)(C)C)C([3H])([3H])OP(=O)(OCCC#N)OCCC#N. The predicted octanol–water partition coefficient (Wildman–Crippen LogP) is 8.26. The summed E-state index contributed by atoms with van der Waals surface area (Å²) in [6.45, 7) is 6.28. The Balaban J connectivity index is 5.67. The molecule has 0 heterocycles. The van der Waals surface area contributed by atoms with Gasteiger partial charge in [-0.25, -0.2) is 9.36 Å². The number of ether oxygens (including phenoxy) is 1. The van der Waals surface area contributed by atoms with Crippen molar-refractivity contribution in [3.8, 4) is 12.1 Å². The third kappa shape index (κ3) is 20.1. The van der Waals surface area contributed by atoms with Gasteiger partial charge in [0.15, 0.2) is 0 Å². The van der Waals surface area contributed by atoms with Crippen LogP contribution in [0.4, 0.5) is 4.79 Å². The van der Waals surface area contributed by atoms with Crippen molar-refractivity contribution in [3.63, 3.8) is 0 Å². The molecular formula is C31H56N3O7P. The van der Waals surface area contributed by atoms with Crippen molar-refractivity contribution in [2.75, 3.05) is 19.8 Å². The van der Waals surface area contributed by atoms with Crippen LogP contribution in [0.2, 0.25) is 0 Å². The molecule has 42 heavy (non-hydrogen) atoms. The van der Waals surface area contributed by atoms with Gasteiger partial charge in [0.1, 0.15) is 11.1 Å². The molecule has 0 rings (SSSR count). The summed E-state index contributed by atoms with van der Waals surface area (Å²) in [6, 6.07) is 3.56. The molecule has 242 valence electrons. The highest BCUT2D eigenvalue weighted by Crippen LogP contribution is 2.50. The summed E-state index contributed by atoms with van der Waals surface area (Å²) in [7, 11) is -4.84. The fourth-order valence-corrected chi connectivity index (χ4v) is 5.03. The van der Waals surface area contributed by atoms with Crippen molar-refractivity contribution in [2.24, 2.45) is 0 Å². The van der Waals surface area contributed by atoms with Crippen molar-refractivity contribution < 1.29 is 36.9 Å². The number of nitrogens with one attached hydrogen (secondary N) is 1. The van der Waals surface area contributed by atoms with E-state index in [0.29, 0.717) is 12.8 Å². The van der Waals surface area contributed by atoms with E-state index in [2.05, 4.69) is 18.8 Å². The van der Waals surface area contributed by atoms with Gasteiger partial charge in [-0.15, -0.1) is 6.58 Å². The Kier molecular flexibility index (Phi) is 19.3. The van der Waals surface area contributed by atoms with E-state index >= 15 is 0 Å². The van der Waals surface area contributed by atoms with Gasteiger partial charge in [0.25, 0.3) is 0 Å². The second-order valence-electron chi connectivity index (χ2n) is 11.2. The Hall–Kier alpha value is -1.94. The molecule has 1 amide bonds. The first-order valence-electron chi connectivity index (χ1n) is 16.8. The summed E-state index contributed by atoms with van der Waals surface area (Å²) in [5, 5.41) is 31.4. The average Bonchev–Trinajstić information content (AvgIpc) is 2.93. The number of phosphoric acid groups is 1. The van der Waals surface area contributed by atoms with Crippen molar-refractivity contribution in [1.29, 1.82) is 10.5 Å². The van der Waals surface area contributed by atoms with Crippen LogP contribution in [-0.2, 0) is 22.9 Å². The number of carbonyl (C=O) groups is 1. The summed E-state index contributed by atoms with van der Waals surface area (Å²) in [4.78, 5) is 12.9. The van der Waals surface area contributed by atoms with Crippen LogP contribution in [0.25, 0.3) is 0 Å². The third-order valence-corrected chi connectivity index (χ3v) is 7.53. The molecule has 0 aromatic carbocycles. The van der Waals surface area contributed by atoms with E-state index < -0.39 is 50.9 Å². The number of phosphoric ester groups is 1. The smallest absolute Gasteiger partial charge is 0.444 e. The molecule has 10 nitrogen and oxygen atoms in total. The second-order valence-corrected chi connectivity index (χ2v) is 12.8.